The van der Waals surface area contributed by atoms with Crippen LogP contribution in [-0.4, -0.2) is 63.2 Å². The number of imidazole rings is 1. The highest BCUT2D eigenvalue weighted by Gasteiger charge is 2.32. The molecule has 1 saturated heterocycles. The fraction of sp³-hybridized carbons (Fsp3) is 0.524. The van der Waals surface area contributed by atoms with Crippen LogP contribution in [-0.2, 0) is 6.54 Å². The second kappa shape index (κ2) is 8.23. The van der Waals surface area contributed by atoms with Crippen LogP contribution in [0.3, 0.4) is 0 Å². The minimum absolute atomic E-state index is 0.0226. The Morgan fingerprint density at radius 3 is 2.59 bits per heavy atom. The maximum Gasteiger partial charge on any atom is 0.274 e. The third kappa shape index (κ3) is 3.77. The number of nitrogens with zero attached hydrogens (tertiary/aromatic N) is 4. The van der Waals surface area contributed by atoms with Gasteiger partial charge in [0.25, 0.3) is 5.91 Å². The first-order valence-corrected chi connectivity index (χ1v) is 10.0. The molecule has 3 heterocycles. The molecule has 1 atom stereocenters. The summed E-state index contributed by atoms with van der Waals surface area (Å²) in [5, 5.41) is 9.27. The summed E-state index contributed by atoms with van der Waals surface area (Å²) in [5.74, 6) is 0.996. The van der Waals surface area contributed by atoms with E-state index in [-0.39, 0.29) is 18.6 Å². The van der Waals surface area contributed by atoms with Crippen LogP contribution in [0.25, 0.3) is 0 Å². The van der Waals surface area contributed by atoms with Gasteiger partial charge in [0, 0.05) is 45.5 Å². The van der Waals surface area contributed by atoms with Crippen molar-refractivity contribution in [2.45, 2.75) is 38.3 Å². The van der Waals surface area contributed by atoms with Crippen LogP contribution in [0.2, 0.25) is 0 Å². The average molecular weight is 368 g/mol. The average Bonchev–Trinajstić information content (AvgIpc) is 3.16. The van der Waals surface area contributed by atoms with Gasteiger partial charge in [0.15, 0.2) is 0 Å². The Labute approximate surface area is 160 Å². The van der Waals surface area contributed by atoms with E-state index in [2.05, 4.69) is 21.6 Å². The molecule has 6 heteroatoms. The first kappa shape index (κ1) is 18.2. The fourth-order valence-electron chi connectivity index (χ4n) is 4.23. The van der Waals surface area contributed by atoms with E-state index in [1.807, 2.05) is 29.3 Å². The maximum atomic E-state index is 12.9. The van der Waals surface area contributed by atoms with Crippen molar-refractivity contribution in [2.75, 3.05) is 32.8 Å². The zero-order valence-corrected chi connectivity index (χ0v) is 15.8. The van der Waals surface area contributed by atoms with E-state index in [0.717, 1.165) is 57.8 Å². The Kier molecular flexibility index (Phi) is 5.55. The Hall–Kier alpha value is -2.18. The predicted molar refractivity (Wildman–Crippen MR) is 104 cm³/mol. The largest absolute Gasteiger partial charge is 0.396 e. The van der Waals surface area contributed by atoms with Gasteiger partial charge in [-0.3, -0.25) is 9.69 Å². The van der Waals surface area contributed by atoms with Crippen LogP contribution < -0.4 is 0 Å². The first-order valence-electron chi connectivity index (χ1n) is 10.0. The molecular weight excluding hydrogens is 340 g/mol. The molecular formula is C21H28N4O2. The minimum atomic E-state index is 0.0226. The normalized spacial score (nSPS) is 20.5. The van der Waals surface area contributed by atoms with E-state index < -0.39 is 0 Å². The molecule has 1 N–H and O–H groups in total. The molecule has 0 radical (unpaired) electrons. The van der Waals surface area contributed by atoms with Crippen LogP contribution in [0.4, 0.5) is 0 Å². The van der Waals surface area contributed by atoms with Gasteiger partial charge in [-0.05, 0) is 31.2 Å². The number of carbonyl (C=O) groups is 1. The Bertz CT molecular complexity index is 768. The molecule has 2 aliphatic heterocycles. The van der Waals surface area contributed by atoms with Crippen molar-refractivity contribution in [1.82, 2.24) is 19.4 Å². The van der Waals surface area contributed by atoms with E-state index in [1.54, 1.807) is 0 Å². The molecule has 0 saturated carbocycles. The number of aromatic nitrogens is 2. The molecule has 2 aromatic rings. The Balaban J connectivity index is 1.65. The van der Waals surface area contributed by atoms with Gasteiger partial charge in [-0.15, -0.1) is 0 Å². The molecule has 1 amide bonds. The lowest BCUT2D eigenvalue weighted by atomic mass is 10.0. The molecule has 144 valence electrons. The quantitative estimate of drug-likeness (QED) is 0.880. The lowest BCUT2D eigenvalue weighted by molar-refractivity contribution is 0.0718. The third-order valence-corrected chi connectivity index (χ3v) is 5.63. The molecule has 4 rings (SSSR count). The second-order valence-corrected chi connectivity index (χ2v) is 7.46. The summed E-state index contributed by atoms with van der Waals surface area (Å²) in [7, 11) is 0. The molecule has 1 fully saturated rings. The number of benzene rings is 1. The number of aliphatic hydroxyl groups excluding tert-OH is 1. The van der Waals surface area contributed by atoms with Gasteiger partial charge in [0.1, 0.15) is 11.5 Å². The van der Waals surface area contributed by atoms with Crippen LogP contribution in [0.15, 0.2) is 36.5 Å². The van der Waals surface area contributed by atoms with Gasteiger partial charge < -0.3 is 14.6 Å². The van der Waals surface area contributed by atoms with Gasteiger partial charge in [-0.2, -0.15) is 0 Å². The highest BCUT2D eigenvalue weighted by Crippen LogP contribution is 2.32. The predicted octanol–water partition coefficient (Wildman–Crippen LogP) is 2.30. The molecule has 0 bridgehead atoms. The second-order valence-electron chi connectivity index (χ2n) is 7.46. The Morgan fingerprint density at radius 2 is 1.85 bits per heavy atom. The van der Waals surface area contributed by atoms with Crippen molar-refractivity contribution in [3.05, 3.63) is 53.6 Å². The highest BCUT2D eigenvalue weighted by molar-refractivity contribution is 5.92. The lowest BCUT2D eigenvalue weighted by Crippen LogP contribution is -2.39. The zero-order chi connectivity index (χ0) is 18.6. The third-order valence-electron chi connectivity index (χ3n) is 5.63. The summed E-state index contributed by atoms with van der Waals surface area (Å²) in [4.78, 5) is 22.0. The molecule has 1 aromatic heterocycles. The van der Waals surface area contributed by atoms with E-state index in [0.29, 0.717) is 5.69 Å². The molecule has 0 aliphatic carbocycles. The van der Waals surface area contributed by atoms with Gasteiger partial charge in [0.2, 0.25) is 0 Å². The number of likely N-dealkylation sites (tertiary alicyclic amines) is 1. The van der Waals surface area contributed by atoms with Crippen molar-refractivity contribution in [3.63, 3.8) is 0 Å². The number of fused-ring (bicyclic) bond motifs is 1. The van der Waals surface area contributed by atoms with Crippen LogP contribution in [0.1, 0.15) is 53.6 Å². The molecule has 27 heavy (non-hydrogen) atoms. The number of carbonyl (C=O) groups excluding carboxylic acids is 1. The van der Waals surface area contributed by atoms with Crippen molar-refractivity contribution in [1.29, 1.82) is 0 Å². The summed E-state index contributed by atoms with van der Waals surface area (Å²) >= 11 is 0. The van der Waals surface area contributed by atoms with E-state index in [4.69, 9.17) is 4.98 Å². The van der Waals surface area contributed by atoms with E-state index in [1.165, 1.54) is 12.0 Å². The monoisotopic (exact) mass is 368 g/mol. The van der Waals surface area contributed by atoms with E-state index in [9.17, 15) is 9.90 Å². The van der Waals surface area contributed by atoms with Gasteiger partial charge >= 0.3 is 0 Å². The van der Waals surface area contributed by atoms with Crippen molar-refractivity contribution < 1.29 is 9.90 Å². The summed E-state index contributed by atoms with van der Waals surface area (Å²) in [6.07, 6.45) is 6.05. The summed E-state index contributed by atoms with van der Waals surface area (Å²) in [6.45, 7) is 4.39. The standard InChI is InChI=1S/C21H28N4O2/c26-15-7-12-23-13-14-25-16-18(21(27)24-10-5-2-6-11-24)22-20(25)19(23)17-8-3-1-4-9-17/h1,3-4,8-9,16,19,26H,2,5-7,10-15H2. The van der Waals surface area contributed by atoms with Gasteiger partial charge in [-0.25, -0.2) is 4.98 Å². The van der Waals surface area contributed by atoms with Crippen molar-refractivity contribution in [3.8, 4) is 0 Å². The topological polar surface area (TPSA) is 61.6 Å². The van der Waals surface area contributed by atoms with Crippen LogP contribution in [0, 0.1) is 0 Å². The summed E-state index contributed by atoms with van der Waals surface area (Å²) in [5.41, 5.74) is 1.75. The molecule has 1 unspecified atom stereocenters. The number of amides is 1. The van der Waals surface area contributed by atoms with Crippen LogP contribution in [0.5, 0.6) is 0 Å². The molecule has 0 spiro atoms. The molecule has 6 nitrogen and oxygen atoms in total. The lowest BCUT2D eigenvalue weighted by Gasteiger charge is -2.36. The van der Waals surface area contributed by atoms with Crippen LogP contribution >= 0.6 is 0 Å². The highest BCUT2D eigenvalue weighted by atomic mass is 16.3. The van der Waals surface area contributed by atoms with Gasteiger partial charge in [-0.1, -0.05) is 30.3 Å². The van der Waals surface area contributed by atoms with E-state index >= 15 is 0 Å². The number of rotatable bonds is 5. The van der Waals surface area contributed by atoms with Gasteiger partial charge in [0.05, 0.1) is 6.04 Å². The maximum absolute atomic E-state index is 12.9. The zero-order valence-electron chi connectivity index (χ0n) is 15.8. The molecule has 1 aromatic carbocycles. The van der Waals surface area contributed by atoms with Crippen molar-refractivity contribution >= 4 is 5.91 Å². The number of piperidine rings is 1. The molecule has 2 aliphatic rings. The minimum Gasteiger partial charge on any atom is -0.396 e. The SMILES string of the molecule is O=C(c1cn2c(n1)C(c1ccccc1)N(CCCO)CC2)N1CCCCC1. The first-order chi connectivity index (χ1) is 13.3. The summed E-state index contributed by atoms with van der Waals surface area (Å²) < 4.78 is 2.14. The summed E-state index contributed by atoms with van der Waals surface area (Å²) in [6, 6.07) is 10.4. The number of aliphatic hydroxyl groups is 1. The fourth-order valence-corrected chi connectivity index (χ4v) is 4.23. The van der Waals surface area contributed by atoms with Crippen molar-refractivity contribution in [2.24, 2.45) is 0 Å². The number of hydrogen-bond acceptors (Lipinski definition) is 4. The number of hydrogen-bond donors (Lipinski definition) is 1. The smallest absolute Gasteiger partial charge is 0.274 e. The Morgan fingerprint density at radius 1 is 1.07 bits per heavy atom.